The van der Waals surface area contributed by atoms with Gasteiger partial charge in [0.1, 0.15) is 11.5 Å². The minimum Gasteiger partial charge on any atom is -0.508 e. The first-order valence-corrected chi connectivity index (χ1v) is 8.25. The smallest absolute Gasteiger partial charge is 0.195 e. The number of rotatable bonds is 7. The summed E-state index contributed by atoms with van der Waals surface area (Å²) in [6, 6.07) is 10.6. The summed E-state index contributed by atoms with van der Waals surface area (Å²) in [7, 11) is 4.86. The zero-order chi connectivity index (χ0) is 18.9. The highest BCUT2D eigenvalue weighted by atomic mass is 127. The molecule has 0 aliphatic heterocycles. The molecule has 0 aliphatic carbocycles. The Labute approximate surface area is 176 Å². The van der Waals surface area contributed by atoms with E-state index in [0.29, 0.717) is 41.9 Å². The summed E-state index contributed by atoms with van der Waals surface area (Å²) in [5.74, 6) is 2.75. The summed E-state index contributed by atoms with van der Waals surface area (Å²) in [5.41, 5.74) is 1.51. The quantitative estimate of drug-likeness (QED) is 0.315. The maximum absolute atomic E-state index is 9.97. The van der Waals surface area contributed by atoms with Gasteiger partial charge in [-0.3, -0.25) is 4.99 Å². The number of nitrogens with one attached hydrogen (secondary N) is 2. The Morgan fingerprint density at radius 2 is 1.85 bits per heavy atom. The van der Waals surface area contributed by atoms with Crippen molar-refractivity contribution < 1.29 is 19.3 Å². The predicted molar refractivity (Wildman–Crippen MR) is 118 cm³/mol. The first kappa shape index (κ1) is 22.7. The Kier molecular flexibility index (Phi) is 9.55. The second-order valence-corrected chi connectivity index (χ2v) is 5.34. The number of phenolic OH excluding ortho intramolecular Hbond substituents is 1. The Hall–Kier alpha value is -2.36. The van der Waals surface area contributed by atoms with Crippen LogP contribution >= 0.6 is 24.0 Å². The van der Waals surface area contributed by atoms with Crippen molar-refractivity contribution in [3.05, 3.63) is 42.0 Å². The Bertz CT molecular complexity index is 769. The van der Waals surface area contributed by atoms with Crippen LogP contribution in [0.15, 0.2) is 41.4 Å². The largest absolute Gasteiger partial charge is 0.508 e. The van der Waals surface area contributed by atoms with Gasteiger partial charge in [0.25, 0.3) is 0 Å². The van der Waals surface area contributed by atoms with Crippen LogP contribution in [-0.4, -0.2) is 38.9 Å². The predicted octanol–water partition coefficient (Wildman–Crippen LogP) is 3.61. The summed E-state index contributed by atoms with van der Waals surface area (Å²) in [5, 5.41) is 16.3. The zero-order valence-corrected chi connectivity index (χ0v) is 18.2. The molecule has 2 rings (SSSR count). The molecule has 3 N–H and O–H groups in total. The fourth-order valence-corrected chi connectivity index (χ4v) is 2.35. The summed E-state index contributed by atoms with van der Waals surface area (Å²) in [4.78, 5) is 4.20. The lowest BCUT2D eigenvalue weighted by Crippen LogP contribution is -2.30. The van der Waals surface area contributed by atoms with Crippen LogP contribution in [0.4, 0.5) is 5.69 Å². The number of guanidine groups is 1. The maximum Gasteiger partial charge on any atom is 0.195 e. The Balaban J connectivity index is 0.00000364. The average Bonchev–Trinajstić information content (AvgIpc) is 2.66. The number of ether oxygens (including phenoxy) is 3. The highest BCUT2D eigenvalue weighted by Crippen LogP contribution is 2.30. The van der Waals surface area contributed by atoms with Crippen molar-refractivity contribution >= 4 is 35.6 Å². The molecule has 0 aromatic heterocycles. The van der Waals surface area contributed by atoms with Crippen LogP contribution in [0.1, 0.15) is 12.5 Å². The topological polar surface area (TPSA) is 84.3 Å². The summed E-state index contributed by atoms with van der Waals surface area (Å²) in [6.45, 7) is 2.85. The van der Waals surface area contributed by atoms with Crippen LogP contribution in [0.2, 0.25) is 0 Å². The van der Waals surface area contributed by atoms with E-state index in [1.807, 2.05) is 25.1 Å². The molecule has 0 atom stereocenters. The number of methoxy groups -OCH3 is 2. The van der Waals surface area contributed by atoms with E-state index >= 15 is 0 Å². The van der Waals surface area contributed by atoms with Gasteiger partial charge in [-0.2, -0.15) is 0 Å². The van der Waals surface area contributed by atoms with E-state index in [4.69, 9.17) is 14.2 Å². The van der Waals surface area contributed by atoms with Crippen molar-refractivity contribution in [1.29, 1.82) is 0 Å². The zero-order valence-electron chi connectivity index (χ0n) is 15.9. The van der Waals surface area contributed by atoms with Crippen molar-refractivity contribution in [3.8, 4) is 23.0 Å². The molecular weight excluding hydrogens is 461 g/mol. The lowest BCUT2D eigenvalue weighted by Gasteiger charge is -2.15. The van der Waals surface area contributed by atoms with E-state index in [1.54, 1.807) is 39.5 Å². The highest BCUT2D eigenvalue weighted by Gasteiger charge is 2.08. The van der Waals surface area contributed by atoms with E-state index in [2.05, 4.69) is 15.6 Å². The van der Waals surface area contributed by atoms with Gasteiger partial charge in [-0.05, 0) is 37.3 Å². The first-order valence-electron chi connectivity index (χ1n) is 8.25. The number of benzene rings is 2. The molecule has 2 aromatic rings. The normalized spacial score (nSPS) is 10.6. The van der Waals surface area contributed by atoms with Gasteiger partial charge < -0.3 is 30.0 Å². The second kappa shape index (κ2) is 11.4. The van der Waals surface area contributed by atoms with Gasteiger partial charge in [0.2, 0.25) is 0 Å². The molecular formula is C19H26IN3O4. The number of hydrogen-bond donors (Lipinski definition) is 3. The summed E-state index contributed by atoms with van der Waals surface area (Å²) >= 11 is 0. The van der Waals surface area contributed by atoms with Crippen LogP contribution in [0.3, 0.4) is 0 Å². The van der Waals surface area contributed by atoms with Gasteiger partial charge >= 0.3 is 0 Å². The van der Waals surface area contributed by atoms with Gasteiger partial charge in [-0.25, -0.2) is 0 Å². The number of halogens is 1. The van der Waals surface area contributed by atoms with Crippen molar-refractivity contribution in [2.75, 3.05) is 33.2 Å². The average molecular weight is 487 g/mol. The molecule has 27 heavy (non-hydrogen) atoms. The van der Waals surface area contributed by atoms with Crippen LogP contribution in [-0.2, 0) is 6.54 Å². The second-order valence-electron chi connectivity index (χ2n) is 5.34. The van der Waals surface area contributed by atoms with Gasteiger partial charge in [0.05, 0.1) is 20.8 Å². The van der Waals surface area contributed by atoms with Crippen molar-refractivity contribution in [1.82, 2.24) is 5.32 Å². The Morgan fingerprint density at radius 3 is 2.48 bits per heavy atom. The number of aromatic hydroxyl groups is 1. The monoisotopic (exact) mass is 487 g/mol. The van der Waals surface area contributed by atoms with E-state index in [0.717, 1.165) is 5.69 Å². The van der Waals surface area contributed by atoms with Gasteiger partial charge in [0.15, 0.2) is 17.5 Å². The minimum atomic E-state index is 0. The molecule has 0 unspecified atom stereocenters. The maximum atomic E-state index is 9.97. The molecule has 7 nitrogen and oxygen atoms in total. The third-order valence-corrected chi connectivity index (χ3v) is 3.68. The summed E-state index contributed by atoms with van der Waals surface area (Å²) in [6.07, 6.45) is 0. The highest BCUT2D eigenvalue weighted by molar-refractivity contribution is 14.0. The third kappa shape index (κ3) is 6.38. The third-order valence-electron chi connectivity index (χ3n) is 3.68. The number of aliphatic imine (C=N–C) groups is 1. The van der Waals surface area contributed by atoms with E-state index in [-0.39, 0.29) is 29.7 Å². The van der Waals surface area contributed by atoms with Crippen LogP contribution in [0.5, 0.6) is 23.0 Å². The van der Waals surface area contributed by atoms with Crippen molar-refractivity contribution in [3.63, 3.8) is 0 Å². The fraction of sp³-hybridized carbons (Fsp3) is 0.316. The van der Waals surface area contributed by atoms with E-state index < -0.39 is 0 Å². The number of phenols is 1. The molecule has 0 bridgehead atoms. The minimum absolute atomic E-state index is 0. The number of anilines is 1. The lowest BCUT2D eigenvalue weighted by molar-refractivity contribution is 0.311. The Morgan fingerprint density at radius 1 is 1.07 bits per heavy atom. The molecule has 0 saturated heterocycles. The molecule has 0 saturated carbocycles. The standard InChI is InChI=1S/C19H25N3O4.HI/c1-5-26-18-11-14(6-9-17(18)25-4)22-19(20-2)21-12-13-10-15(24-3)7-8-16(13)23;/h6-11,23H,5,12H2,1-4H3,(H2,20,21,22);1H. The van der Waals surface area contributed by atoms with Gasteiger partial charge in [0, 0.05) is 30.9 Å². The van der Waals surface area contributed by atoms with E-state index in [1.165, 1.54) is 0 Å². The van der Waals surface area contributed by atoms with Gasteiger partial charge in [-0.15, -0.1) is 24.0 Å². The van der Waals surface area contributed by atoms with Crippen molar-refractivity contribution in [2.45, 2.75) is 13.5 Å². The van der Waals surface area contributed by atoms with E-state index in [9.17, 15) is 5.11 Å². The number of hydrogen-bond acceptors (Lipinski definition) is 5. The van der Waals surface area contributed by atoms with Crippen molar-refractivity contribution in [2.24, 2.45) is 4.99 Å². The molecule has 8 heteroatoms. The summed E-state index contributed by atoms with van der Waals surface area (Å²) < 4.78 is 16.1. The molecule has 0 fully saturated rings. The van der Waals surface area contributed by atoms with Crippen LogP contribution in [0.25, 0.3) is 0 Å². The molecule has 0 aliphatic rings. The SMILES string of the molecule is CCOc1cc(NC(=NC)NCc2cc(OC)ccc2O)ccc1OC.I. The first-order chi connectivity index (χ1) is 12.6. The van der Waals surface area contributed by atoms with Crippen LogP contribution in [0, 0.1) is 0 Å². The molecule has 0 heterocycles. The molecule has 2 aromatic carbocycles. The molecule has 148 valence electrons. The molecule has 0 radical (unpaired) electrons. The molecule has 0 amide bonds. The van der Waals surface area contributed by atoms with Crippen LogP contribution < -0.4 is 24.8 Å². The lowest BCUT2D eigenvalue weighted by atomic mass is 10.2. The van der Waals surface area contributed by atoms with Gasteiger partial charge in [-0.1, -0.05) is 0 Å². The number of nitrogens with zero attached hydrogens (tertiary/aromatic N) is 1. The fourth-order valence-electron chi connectivity index (χ4n) is 2.35. The molecule has 0 spiro atoms.